The summed E-state index contributed by atoms with van der Waals surface area (Å²) < 4.78 is 1.65. The first-order valence-electron chi connectivity index (χ1n) is 6.36. The Morgan fingerprint density at radius 3 is 2.67 bits per heavy atom. The van der Waals surface area contributed by atoms with E-state index in [-0.39, 0.29) is 24.4 Å². The van der Waals surface area contributed by atoms with Gasteiger partial charge in [0.15, 0.2) is 0 Å². The number of rotatable bonds is 5. The van der Waals surface area contributed by atoms with Gasteiger partial charge in [-0.15, -0.1) is 12.4 Å². The Morgan fingerprint density at radius 1 is 1.38 bits per heavy atom. The topological polar surface area (TPSA) is 58.9 Å². The molecular weight excluding hydrogens is 311 g/mol. The van der Waals surface area contributed by atoms with E-state index in [2.05, 4.69) is 15.7 Å². The number of halogens is 2. The predicted molar refractivity (Wildman–Crippen MR) is 86.7 cm³/mol. The summed E-state index contributed by atoms with van der Waals surface area (Å²) in [6.07, 6.45) is 3.25. The molecule has 0 aliphatic carbocycles. The Kier molecular flexibility index (Phi) is 6.68. The van der Waals surface area contributed by atoms with Crippen LogP contribution in [0.3, 0.4) is 0 Å². The van der Waals surface area contributed by atoms with Crippen LogP contribution in [-0.4, -0.2) is 35.3 Å². The molecule has 1 atom stereocenters. The molecule has 0 saturated carbocycles. The number of nitrogens with one attached hydrogen (secondary N) is 2. The highest BCUT2D eigenvalue weighted by atomic mass is 35.5. The number of hydrogen-bond donors (Lipinski definition) is 2. The maximum Gasteiger partial charge on any atom is 0.254 e. The molecule has 114 valence electrons. The van der Waals surface area contributed by atoms with Gasteiger partial charge in [0, 0.05) is 23.8 Å². The van der Waals surface area contributed by atoms with Gasteiger partial charge in [-0.05, 0) is 38.2 Å². The second kappa shape index (κ2) is 8.02. The van der Waals surface area contributed by atoms with Gasteiger partial charge < -0.3 is 10.6 Å². The molecule has 2 N–H and O–H groups in total. The van der Waals surface area contributed by atoms with Crippen molar-refractivity contribution < 1.29 is 4.79 Å². The van der Waals surface area contributed by atoms with E-state index in [1.807, 2.05) is 26.1 Å². The van der Waals surface area contributed by atoms with Gasteiger partial charge >= 0.3 is 0 Å². The molecule has 0 radical (unpaired) electrons. The van der Waals surface area contributed by atoms with E-state index in [1.54, 1.807) is 29.2 Å². The van der Waals surface area contributed by atoms with E-state index in [4.69, 9.17) is 11.6 Å². The van der Waals surface area contributed by atoms with Crippen LogP contribution in [0.25, 0.3) is 5.69 Å². The molecule has 1 unspecified atom stereocenters. The molecule has 5 nitrogen and oxygen atoms in total. The number of benzene rings is 1. The summed E-state index contributed by atoms with van der Waals surface area (Å²) in [4.78, 5) is 12.0. The maximum absolute atomic E-state index is 12.0. The lowest BCUT2D eigenvalue weighted by atomic mass is 10.3. The van der Waals surface area contributed by atoms with Gasteiger partial charge in [0.05, 0.1) is 17.4 Å². The predicted octanol–water partition coefficient (Wildman–Crippen LogP) is 2.29. The summed E-state index contributed by atoms with van der Waals surface area (Å²) in [5.74, 6) is -0.132. The molecule has 2 rings (SSSR count). The summed E-state index contributed by atoms with van der Waals surface area (Å²) in [5.41, 5.74) is 1.39. The van der Waals surface area contributed by atoms with Crippen LogP contribution in [-0.2, 0) is 0 Å². The quantitative estimate of drug-likeness (QED) is 0.885. The largest absolute Gasteiger partial charge is 0.350 e. The Morgan fingerprint density at radius 2 is 2.05 bits per heavy atom. The monoisotopic (exact) mass is 328 g/mol. The number of hydrogen-bond acceptors (Lipinski definition) is 3. The Balaban J connectivity index is 0.00000220. The lowest BCUT2D eigenvalue weighted by Crippen LogP contribution is -2.37. The number of nitrogens with zero attached hydrogens (tertiary/aromatic N) is 2. The van der Waals surface area contributed by atoms with Gasteiger partial charge in [-0.3, -0.25) is 4.79 Å². The van der Waals surface area contributed by atoms with Gasteiger partial charge in [-0.25, -0.2) is 4.68 Å². The smallest absolute Gasteiger partial charge is 0.254 e. The Labute approximate surface area is 135 Å². The normalized spacial score (nSPS) is 11.6. The molecule has 1 aromatic heterocycles. The zero-order valence-electron chi connectivity index (χ0n) is 11.8. The Hall–Kier alpha value is -1.56. The average Bonchev–Trinajstić information content (AvgIpc) is 2.95. The van der Waals surface area contributed by atoms with Crippen LogP contribution in [0.5, 0.6) is 0 Å². The molecule has 0 aliphatic rings. The number of amides is 1. The molecule has 0 saturated heterocycles. The van der Waals surface area contributed by atoms with E-state index in [1.165, 1.54) is 0 Å². The van der Waals surface area contributed by atoms with E-state index in [0.29, 0.717) is 17.1 Å². The molecule has 1 aromatic carbocycles. The third kappa shape index (κ3) is 4.74. The first-order chi connectivity index (χ1) is 9.60. The number of carbonyl (C=O) groups excluding carboxylic acids is 1. The SMILES string of the molecule is CNC(C)CNC(=O)c1cnn(-c2ccc(Cl)cc2)c1.Cl. The summed E-state index contributed by atoms with van der Waals surface area (Å²) in [7, 11) is 1.86. The molecule has 1 heterocycles. The standard InChI is InChI=1S/C14H17ClN4O.ClH/c1-10(16-2)7-17-14(20)11-8-18-19(9-11)13-5-3-12(15)4-6-13;/h3-6,8-10,16H,7H2,1-2H3,(H,17,20);1H. The van der Waals surface area contributed by atoms with Gasteiger partial charge in [-0.2, -0.15) is 5.10 Å². The number of aromatic nitrogens is 2. The zero-order chi connectivity index (χ0) is 14.5. The van der Waals surface area contributed by atoms with Crippen LogP contribution in [0.15, 0.2) is 36.7 Å². The summed E-state index contributed by atoms with van der Waals surface area (Å²) in [6, 6.07) is 7.49. The molecule has 0 aliphatic heterocycles. The van der Waals surface area contributed by atoms with Crippen molar-refractivity contribution in [3.05, 3.63) is 47.2 Å². The lowest BCUT2D eigenvalue weighted by Gasteiger charge is -2.10. The van der Waals surface area contributed by atoms with E-state index >= 15 is 0 Å². The first-order valence-corrected chi connectivity index (χ1v) is 6.74. The second-order valence-electron chi connectivity index (χ2n) is 4.55. The molecule has 1 amide bonds. The fourth-order valence-corrected chi connectivity index (χ4v) is 1.75. The fraction of sp³-hybridized carbons (Fsp3) is 0.286. The van der Waals surface area contributed by atoms with Crippen molar-refractivity contribution in [3.8, 4) is 5.69 Å². The highest BCUT2D eigenvalue weighted by Crippen LogP contribution is 2.13. The van der Waals surface area contributed by atoms with Crippen LogP contribution in [0.1, 0.15) is 17.3 Å². The Bertz CT molecular complexity index is 583. The van der Waals surface area contributed by atoms with Gasteiger partial charge in [-0.1, -0.05) is 11.6 Å². The van der Waals surface area contributed by atoms with E-state index < -0.39 is 0 Å². The van der Waals surface area contributed by atoms with Gasteiger partial charge in [0.2, 0.25) is 0 Å². The molecule has 21 heavy (non-hydrogen) atoms. The highest BCUT2D eigenvalue weighted by molar-refractivity contribution is 6.30. The van der Waals surface area contributed by atoms with Gasteiger partial charge in [0.25, 0.3) is 5.91 Å². The fourth-order valence-electron chi connectivity index (χ4n) is 1.63. The summed E-state index contributed by atoms with van der Waals surface area (Å²) in [6.45, 7) is 2.57. The van der Waals surface area contributed by atoms with Crippen molar-refractivity contribution in [2.75, 3.05) is 13.6 Å². The lowest BCUT2D eigenvalue weighted by molar-refractivity contribution is 0.0950. The number of carbonyl (C=O) groups is 1. The third-order valence-electron chi connectivity index (χ3n) is 3.00. The molecule has 0 spiro atoms. The first kappa shape index (κ1) is 17.5. The number of likely N-dealkylation sites (N-methyl/N-ethyl adjacent to an activating group) is 1. The second-order valence-corrected chi connectivity index (χ2v) is 4.99. The van der Waals surface area contributed by atoms with Crippen molar-refractivity contribution in [1.29, 1.82) is 0 Å². The van der Waals surface area contributed by atoms with Crippen molar-refractivity contribution >= 4 is 29.9 Å². The molecule has 0 bridgehead atoms. The average molecular weight is 329 g/mol. The van der Waals surface area contributed by atoms with Crippen LogP contribution >= 0.6 is 24.0 Å². The minimum Gasteiger partial charge on any atom is -0.350 e. The van der Waals surface area contributed by atoms with Crippen LogP contribution in [0.4, 0.5) is 0 Å². The summed E-state index contributed by atoms with van der Waals surface area (Å²) in [5, 5.41) is 10.8. The maximum atomic E-state index is 12.0. The highest BCUT2D eigenvalue weighted by Gasteiger charge is 2.10. The molecule has 0 fully saturated rings. The van der Waals surface area contributed by atoms with E-state index in [9.17, 15) is 4.79 Å². The van der Waals surface area contributed by atoms with Crippen molar-refractivity contribution in [2.45, 2.75) is 13.0 Å². The van der Waals surface area contributed by atoms with Crippen LogP contribution in [0, 0.1) is 0 Å². The molecule has 7 heteroatoms. The molecular formula is C14H18Cl2N4O. The van der Waals surface area contributed by atoms with Crippen LogP contribution in [0.2, 0.25) is 5.02 Å². The third-order valence-corrected chi connectivity index (χ3v) is 3.25. The van der Waals surface area contributed by atoms with Gasteiger partial charge in [0.1, 0.15) is 0 Å². The van der Waals surface area contributed by atoms with Crippen molar-refractivity contribution in [3.63, 3.8) is 0 Å². The van der Waals surface area contributed by atoms with Crippen molar-refractivity contribution in [2.24, 2.45) is 0 Å². The minimum absolute atomic E-state index is 0. The summed E-state index contributed by atoms with van der Waals surface area (Å²) >= 11 is 5.84. The van der Waals surface area contributed by atoms with Crippen LogP contribution < -0.4 is 10.6 Å². The minimum atomic E-state index is -0.132. The molecule has 2 aromatic rings. The van der Waals surface area contributed by atoms with E-state index in [0.717, 1.165) is 5.69 Å². The van der Waals surface area contributed by atoms with Crippen molar-refractivity contribution in [1.82, 2.24) is 20.4 Å². The zero-order valence-corrected chi connectivity index (χ0v) is 13.4.